The number of aliphatic hydroxyl groups excluding tert-OH is 1. The predicted molar refractivity (Wildman–Crippen MR) is 103 cm³/mol. The molecule has 3 N–H and O–H groups in total. The fraction of sp³-hybridized carbons (Fsp3) is 0.350. The number of halogens is 2. The van der Waals surface area contributed by atoms with Gasteiger partial charge in [-0.25, -0.2) is 4.39 Å². The zero-order valence-electron chi connectivity index (χ0n) is 14.5. The molecule has 1 aliphatic rings. The standard InChI is InChI=1S/C20H23FN2O2.ClH/c21-16-9-7-14(8-10-16)19(24)13-17-5-3-11-23(17)20(25)12-15-4-1-2-6-18(15)22;/h1-2,4,6-10,17,19,24H,3,5,11-13,22H2;1H. The number of benzene rings is 2. The summed E-state index contributed by atoms with van der Waals surface area (Å²) in [4.78, 5) is 14.5. The molecule has 1 saturated heterocycles. The second kappa shape index (κ2) is 9.01. The van der Waals surface area contributed by atoms with Crippen LogP contribution in [0.5, 0.6) is 0 Å². The van der Waals surface area contributed by atoms with Gasteiger partial charge in [-0.1, -0.05) is 30.3 Å². The Labute approximate surface area is 159 Å². The average Bonchev–Trinajstić information content (AvgIpc) is 3.05. The van der Waals surface area contributed by atoms with Crippen molar-refractivity contribution in [1.82, 2.24) is 4.90 Å². The zero-order chi connectivity index (χ0) is 17.8. The van der Waals surface area contributed by atoms with Crippen molar-refractivity contribution in [3.8, 4) is 0 Å². The number of hydrogen-bond donors (Lipinski definition) is 2. The maximum Gasteiger partial charge on any atom is 0.227 e. The Morgan fingerprint density at radius 3 is 2.62 bits per heavy atom. The summed E-state index contributed by atoms with van der Waals surface area (Å²) in [6.45, 7) is 0.701. The van der Waals surface area contributed by atoms with Crippen LogP contribution in [0.25, 0.3) is 0 Å². The van der Waals surface area contributed by atoms with Crippen molar-refractivity contribution in [2.75, 3.05) is 12.3 Å². The van der Waals surface area contributed by atoms with Gasteiger partial charge < -0.3 is 15.7 Å². The number of hydrogen-bond acceptors (Lipinski definition) is 3. The van der Waals surface area contributed by atoms with Gasteiger partial charge in [-0.2, -0.15) is 0 Å². The van der Waals surface area contributed by atoms with Crippen LogP contribution in [-0.4, -0.2) is 28.5 Å². The van der Waals surface area contributed by atoms with E-state index in [0.717, 1.165) is 18.4 Å². The minimum absolute atomic E-state index is 0. The molecule has 3 rings (SSSR count). The summed E-state index contributed by atoms with van der Waals surface area (Å²) in [6.07, 6.45) is 1.82. The number of nitrogen functional groups attached to an aromatic ring is 1. The Hall–Kier alpha value is -2.11. The fourth-order valence-corrected chi connectivity index (χ4v) is 3.45. The summed E-state index contributed by atoms with van der Waals surface area (Å²) >= 11 is 0. The molecular formula is C20H24ClFN2O2. The predicted octanol–water partition coefficient (Wildman–Crippen LogP) is 3.49. The first-order valence-electron chi connectivity index (χ1n) is 8.61. The zero-order valence-corrected chi connectivity index (χ0v) is 15.3. The first-order valence-corrected chi connectivity index (χ1v) is 8.61. The van der Waals surface area contributed by atoms with E-state index >= 15 is 0 Å². The highest BCUT2D eigenvalue weighted by atomic mass is 35.5. The molecule has 1 heterocycles. The van der Waals surface area contributed by atoms with Gasteiger partial charge in [0.2, 0.25) is 5.91 Å². The molecule has 6 heteroatoms. The second-order valence-electron chi connectivity index (χ2n) is 6.56. The molecule has 2 unspecified atom stereocenters. The summed E-state index contributed by atoms with van der Waals surface area (Å²) in [6, 6.07) is 13.2. The van der Waals surface area contributed by atoms with Crippen molar-refractivity contribution in [3.63, 3.8) is 0 Å². The highest BCUT2D eigenvalue weighted by Gasteiger charge is 2.30. The normalized spacial score (nSPS) is 17.6. The van der Waals surface area contributed by atoms with E-state index in [-0.39, 0.29) is 36.6 Å². The maximum atomic E-state index is 13.0. The molecule has 2 atom stereocenters. The van der Waals surface area contributed by atoms with Gasteiger partial charge in [0.15, 0.2) is 0 Å². The summed E-state index contributed by atoms with van der Waals surface area (Å²) in [5.74, 6) is -0.291. The minimum Gasteiger partial charge on any atom is -0.398 e. The molecule has 1 amide bonds. The van der Waals surface area contributed by atoms with Gasteiger partial charge in [0.1, 0.15) is 5.82 Å². The first kappa shape index (κ1) is 20.2. The molecule has 2 aromatic carbocycles. The number of likely N-dealkylation sites (tertiary alicyclic amines) is 1. The topological polar surface area (TPSA) is 66.6 Å². The second-order valence-corrected chi connectivity index (χ2v) is 6.56. The lowest BCUT2D eigenvalue weighted by Crippen LogP contribution is -2.37. The van der Waals surface area contributed by atoms with Gasteiger partial charge in [-0.05, 0) is 48.6 Å². The molecule has 26 heavy (non-hydrogen) atoms. The smallest absolute Gasteiger partial charge is 0.227 e. The Bertz CT molecular complexity index is 739. The average molecular weight is 379 g/mol. The van der Waals surface area contributed by atoms with Crippen LogP contribution in [0.1, 0.15) is 36.5 Å². The molecule has 0 spiro atoms. The third kappa shape index (κ3) is 4.74. The fourth-order valence-electron chi connectivity index (χ4n) is 3.45. The van der Waals surface area contributed by atoms with E-state index in [1.54, 1.807) is 18.2 Å². The first-order chi connectivity index (χ1) is 12.0. The van der Waals surface area contributed by atoms with Crippen molar-refractivity contribution in [2.24, 2.45) is 0 Å². The molecule has 0 saturated carbocycles. The molecular weight excluding hydrogens is 355 g/mol. The van der Waals surface area contributed by atoms with Crippen LogP contribution in [0.3, 0.4) is 0 Å². The molecule has 4 nitrogen and oxygen atoms in total. The van der Waals surface area contributed by atoms with E-state index in [9.17, 15) is 14.3 Å². The van der Waals surface area contributed by atoms with Crippen LogP contribution in [0.4, 0.5) is 10.1 Å². The number of anilines is 1. The molecule has 0 aromatic heterocycles. The number of aliphatic hydroxyl groups is 1. The van der Waals surface area contributed by atoms with Crippen molar-refractivity contribution in [1.29, 1.82) is 0 Å². The number of rotatable bonds is 5. The number of amides is 1. The summed E-state index contributed by atoms with van der Waals surface area (Å²) < 4.78 is 13.0. The van der Waals surface area contributed by atoms with Crippen LogP contribution in [0.15, 0.2) is 48.5 Å². The lowest BCUT2D eigenvalue weighted by molar-refractivity contribution is -0.131. The lowest BCUT2D eigenvalue weighted by atomic mass is 10.00. The van der Waals surface area contributed by atoms with E-state index in [2.05, 4.69) is 0 Å². The summed E-state index contributed by atoms with van der Waals surface area (Å²) in [7, 11) is 0. The van der Waals surface area contributed by atoms with Gasteiger partial charge in [-0.3, -0.25) is 4.79 Å². The van der Waals surface area contributed by atoms with E-state index in [0.29, 0.717) is 24.2 Å². The molecule has 140 valence electrons. The van der Waals surface area contributed by atoms with E-state index < -0.39 is 6.10 Å². The highest BCUT2D eigenvalue weighted by molar-refractivity contribution is 5.85. The molecule has 2 aromatic rings. The Morgan fingerprint density at radius 1 is 1.23 bits per heavy atom. The van der Waals surface area contributed by atoms with Crippen LogP contribution in [0, 0.1) is 5.82 Å². The monoisotopic (exact) mass is 378 g/mol. The Morgan fingerprint density at radius 2 is 1.92 bits per heavy atom. The van der Waals surface area contributed by atoms with Gasteiger partial charge in [0.05, 0.1) is 12.5 Å². The van der Waals surface area contributed by atoms with Gasteiger partial charge in [0.25, 0.3) is 0 Å². The molecule has 0 bridgehead atoms. The van der Waals surface area contributed by atoms with Crippen LogP contribution in [0.2, 0.25) is 0 Å². The number of nitrogens with two attached hydrogens (primary N) is 1. The quantitative estimate of drug-likeness (QED) is 0.783. The summed E-state index contributed by atoms with van der Waals surface area (Å²) in [5.41, 5.74) is 8.06. The Balaban J connectivity index is 0.00000243. The minimum atomic E-state index is -0.708. The molecule has 1 aliphatic heterocycles. The van der Waals surface area contributed by atoms with Crippen molar-refractivity contribution >= 4 is 24.0 Å². The largest absolute Gasteiger partial charge is 0.398 e. The number of para-hydroxylation sites is 1. The van der Waals surface area contributed by atoms with Crippen molar-refractivity contribution in [2.45, 2.75) is 37.8 Å². The van der Waals surface area contributed by atoms with Crippen molar-refractivity contribution < 1.29 is 14.3 Å². The van der Waals surface area contributed by atoms with Crippen LogP contribution in [-0.2, 0) is 11.2 Å². The van der Waals surface area contributed by atoms with E-state index in [1.807, 2.05) is 23.1 Å². The molecule has 0 radical (unpaired) electrons. The molecule has 0 aliphatic carbocycles. The number of carbonyl (C=O) groups excluding carboxylic acids is 1. The third-order valence-corrected chi connectivity index (χ3v) is 4.84. The third-order valence-electron chi connectivity index (χ3n) is 4.84. The maximum absolute atomic E-state index is 13.0. The Kier molecular flexibility index (Phi) is 7.00. The number of nitrogens with zero attached hydrogens (tertiary/aromatic N) is 1. The van der Waals surface area contributed by atoms with Gasteiger partial charge in [0, 0.05) is 18.3 Å². The highest BCUT2D eigenvalue weighted by Crippen LogP contribution is 2.28. The SMILES string of the molecule is Cl.Nc1ccccc1CC(=O)N1CCCC1CC(O)c1ccc(F)cc1. The van der Waals surface area contributed by atoms with Crippen LogP contribution >= 0.6 is 12.4 Å². The molecule has 1 fully saturated rings. The number of carbonyl (C=O) groups is 1. The van der Waals surface area contributed by atoms with Crippen LogP contribution < -0.4 is 5.73 Å². The summed E-state index contributed by atoms with van der Waals surface area (Å²) in [5, 5.41) is 10.4. The van der Waals surface area contributed by atoms with Gasteiger partial charge >= 0.3 is 0 Å². The van der Waals surface area contributed by atoms with E-state index in [4.69, 9.17) is 5.73 Å². The van der Waals surface area contributed by atoms with Crippen molar-refractivity contribution in [3.05, 3.63) is 65.5 Å². The lowest BCUT2D eigenvalue weighted by Gasteiger charge is -2.27. The van der Waals surface area contributed by atoms with Gasteiger partial charge in [-0.15, -0.1) is 12.4 Å². The van der Waals surface area contributed by atoms with E-state index in [1.165, 1.54) is 12.1 Å².